The van der Waals surface area contributed by atoms with Crippen molar-refractivity contribution < 1.29 is 0 Å². The average molecular weight is 291 g/mol. The monoisotopic (exact) mass is 290 g/mol. The Morgan fingerprint density at radius 3 is 1.05 bits per heavy atom. The van der Waals surface area contributed by atoms with Gasteiger partial charge >= 0.3 is 0 Å². The van der Waals surface area contributed by atoms with Gasteiger partial charge in [0.25, 0.3) is 0 Å². The predicted octanol–water partition coefficient (Wildman–Crippen LogP) is 7.29. The minimum Gasteiger partial charge on any atom is -0.103 e. The molecule has 0 aliphatic carbocycles. The summed E-state index contributed by atoms with van der Waals surface area (Å²) >= 11 is 0. The van der Waals surface area contributed by atoms with E-state index in [4.69, 9.17) is 0 Å². The molecule has 0 bridgehead atoms. The zero-order valence-electron chi connectivity index (χ0n) is 14.4. The van der Waals surface area contributed by atoms with Crippen LogP contribution >= 0.6 is 0 Å². The second-order valence-corrected chi connectivity index (χ2v) is 6.16. The molecule has 21 heavy (non-hydrogen) atoms. The molecule has 0 unspecified atom stereocenters. The fourth-order valence-electron chi connectivity index (χ4n) is 2.55. The third-order valence-electron chi connectivity index (χ3n) is 3.98. The van der Waals surface area contributed by atoms with E-state index >= 15 is 0 Å². The van der Waals surface area contributed by atoms with E-state index in [0.717, 1.165) is 25.7 Å². The van der Waals surface area contributed by atoms with Crippen molar-refractivity contribution >= 4 is 0 Å². The lowest BCUT2D eigenvalue weighted by atomic mass is 10.1. The van der Waals surface area contributed by atoms with E-state index in [1.54, 1.807) is 0 Å². The summed E-state index contributed by atoms with van der Waals surface area (Å²) in [6.07, 6.45) is 22.1. The molecule has 0 aromatic carbocycles. The molecule has 0 aromatic rings. The molecule has 0 amide bonds. The third kappa shape index (κ3) is 19.6. The highest BCUT2D eigenvalue weighted by molar-refractivity contribution is 4.98. The predicted molar refractivity (Wildman–Crippen MR) is 97.0 cm³/mol. The van der Waals surface area contributed by atoms with Crippen molar-refractivity contribution in [3.05, 3.63) is 13.8 Å². The summed E-state index contributed by atoms with van der Waals surface area (Å²) in [6.45, 7) is 7.74. The van der Waals surface area contributed by atoms with Gasteiger partial charge in [-0.25, -0.2) is 0 Å². The lowest BCUT2D eigenvalue weighted by molar-refractivity contribution is 0.554. The van der Waals surface area contributed by atoms with E-state index in [-0.39, 0.29) is 0 Å². The molecule has 0 aliphatic rings. The highest BCUT2D eigenvalue weighted by Gasteiger charge is 1.92. The molecule has 2 radical (unpaired) electrons. The molecule has 0 saturated heterocycles. The molecule has 0 rings (SSSR count). The van der Waals surface area contributed by atoms with Crippen molar-refractivity contribution in [3.63, 3.8) is 0 Å². The SMILES string of the molecule is [CH2]CCCCCC#CCCCCCCCCCCCC[CH2]. The molecule has 0 saturated carbocycles. The van der Waals surface area contributed by atoms with E-state index in [1.807, 2.05) is 0 Å². The second-order valence-electron chi connectivity index (χ2n) is 6.16. The van der Waals surface area contributed by atoms with Crippen molar-refractivity contribution in [2.75, 3.05) is 0 Å². The summed E-state index contributed by atoms with van der Waals surface area (Å²) in [5.41, 5.74) is 0. The first-order chi connectivity index (χ1) is 10.4. The van der Waals surface area contributed by atoms with Gasteiger partial charge in [0.05, 0.1) is 0 Å². The Morgan fingerprint density at radius 2 is 0.667 bits per heavy atom. The van der Waals surface area contributed by atoms with E-state index in [9.17, 15) is 0 Å². The van der Waals surface area contributed by atoms with Crippen LogP contribution in [0.2, 0.25) is 0 Å². The Labute approximate surface area is 135 Å². The highest BCUT2D eigenvalue weighted by Crippen LogP contribution is 2.11. The molecule has 0 heteroatoms. The highest BCUT2D eigenvalue weighted by atomic mass is 14.0. The lowest BCUT2D eigenvalue weighted by Gasteiger charge is -2.01. The molecule has 0 N–H and O–H groups in total. The standard InChI is InChI=1S/C21H38/c1-3-5-7-9-11-13-15-17-19-21-20-18-16-14-12-10-8-6-4-2/h1-13,15,17-21H2. The fourth-order valence-corrected chi connectivity index (χ4v) is 2.55. The van der Waals surface area contributed by atoms with Gasteiger partial charge in [-0.1, -0.05) is 97.3 Å². The van der Waals surface area contributed by atoms with Crippen LogP contribution in [0.5, 0.6) is 0 Å². The molecule has 0 aliphatic heterocycles. The molecule has 0 spiro atoms. The quantitative estimate of drug-likeness (QED) is 0.219. The Kier molecular flexibility index (Phi) is 19.2. The van der Waals surface area contributed by atoms with Crippen LogP contribution in [0.4, 0.5) is 0 Å². The summed E-state index contributed by atoms with van der Waals surface area (Å²) < 4.78 is 0. The summed E-state index contributed by atoms with van der Waals surface area (Å²) in [4.78, 5) is 0. The van der Waals surface area contributed by atoms with Crippen molar-refractivity contribution in [2.24, 2.45) is 0 Å². The van der Waals surface area contributed by atoms with E-state index in [1.165, 1.54) is 83.5 Å². The minimum atomic E-state index is 1.07. The van der Waals surface area contributed by atoms with Crippen molar-refractivity contribution in [1.29, 1.82) is 0 Å². The Balaban J connectivity index is 3.04. The van der Waals surface area contributed by atoms with Crippen LogP contribution in [0, 0.1) is 25.7 Å². The van der Waals surface area contributed by atoms with Gasteiger partial charge in [0.1, 0.15) is 0 Å². The lowest BCUT2D eigenvalue weighted by Crippen LogP contribution is -1.82. The Bertz CT molecular complexity index is 230. The van der Waals surface area contributed by atoms with Crippen LogP contribution in [-0.4, -0.2) is 0 Å². The van der Waals surface area contributed by atoms with Crippen LogP contribution in [0.25, 0.3) is 0 Å². The zero-order valence-corrected chi connectivity index (χ0v) is 14.4. The molecule has 0 nitrogen and oxygen atoms in total. The van der Waals surface area contributed by atoms with Crippen LogP contribution in [-0.2, 0) is 0 Å². The van der Waals surface area contributed by atoms with Crippen LogP contribution in [0.15, 0.2) is 0 Å². The van der Waals surface area contributed by atoms with Crippen molar-refractivity contribution in [2.45, 2.75) is 109 Å². The summed E-state index contributed by atoms with van der Waals surface area (Å²) in [7, 11) is 0. The van der Waals surface area contributed by atoms with Gasteiger partial charge in [0.15, 0.2) is 0 Å². The van der Waals surface area contributed by atoms with E-state index in [0.29, 0.717) is 0 Å². The van der Waals surface area contributed by atoms with Gasteiger partial charge in [-0.05, 0) is 12.8 Å². The summed E-state index contributed by atoms with van der Waals surface area (Å²) in [5.74, 6) is 6.63. The summed E-state index contributed by atoms with van der Waals surface area (Å²) in [6, 6.07) is 0. The first-order valence-electron chi connectivity index (χ1n) is 9.46. The van der Waals surface area contributed by atoms with Crippen LogP contribution < -0.4 is 0 Å². The van der Waals surface area contributed by atoms with Gasteiger partial charge in [-0.15, -0.1) is 11.8 Å². The maximum absolute atomic E-state index is 3.88. The molecule has 122 valence electrons. The van der Waals surface area contributed by atoms with Crippen LogP contribution in [0.1, 0.15) is 109 Å². The van der Waals surface area contributed by atoms with Crippen molar-refractivity contribution in [1.82, 2.24) is 0 Å². The van der Waals surface area contributed by atoms with Gasteiger partial charge in [-0.2, -0.15) is 0 Å². The maximum atomic E-state index is 3.88. The van der Waals surface area contributed by atoms with E-state index < -0.39 is 0 Å². The average Bonchev–Trinajstić information content (AvgIpc) is 2.50. The number of hydrogen-bond acceptors (Lipinski definition) is 0. The van der Waals surface area contributed by atoms with Gasteiger partial charge in [0.2, 0.25) is 0 Å². The second kappa shape index (κ2) is 19.6. The molecule has 0 aromatic heterocycles. The number of rotatable bonds is 15. The largest absolute Gasteiger partial charge is 0.103 e. The maximum Gasteiger partial charge on any atom is 0.00886 e. The summed E-state index contributed by atoms with van der Waals surface area (Å²) in [5, 5.41) is 0. The zero-order chi connectivity index (χ0) is 15.4. The first kappa shape index (κ1) is 20.6. The molecule has 0 atom stereocenters. The molecule has 0 heterocycles. The van der Waals surface area contributed by atoms with Gasteiger partial charge in [0, 0.05) is 12.8 Å². The van der Waals surface area contributed by atoms with Crippen LogP contribution in [0.3, 0.4) is 0 Å². The molecular weight excluding hydrogens is 252 g/mol. The topological polar surface area (TPSA) is 0 Å². The van der Waals surface area contributed by atoms with Gasteiger partial charge < -0.3 is 0 Å². The number of hydrogen-bond donors (Lipinski definition) is 0. The normalized spacial score (nSPS) is 10.4. The molecule has 0 fully saturated rings. The third-order valence-corrected chi connectivity index (χ3v) is 3.98. The fraction of sp³-hybridized carbons (Fsp3) is 0.810. The van der Waals surface area contributed by atoms with E-state index in [2.05, 4.69) is 25.7 Å². The Hall–Kier alpha value is -0.440. The number of unbranched alkanes of at least 4 members (excludes halogenated alkanes) is 15. The Morgan fingerprint density at radius 1 is 0.381 bits per heavy atom. The smallest absolute Gasteiger partial charge is 0.00886 e. The minimum absolute atomic E-state index is 1.07. The first-order valence-corrected chi connectivity index (χ1v) is 9.46. The van der Waals surface area contributed by atoms with Gasteiger partial charge in [-0.3, -0.25) is 0 Å². The van der Waals surface area contributed by atoms with Crippen molar-refractivity contribution in [3.8, 4) is 11.8 Å². The molecular formula is C21H38.